The summed E-state index contributed by atoms with van der Waals surface area (Å²) in [5.41, 5.74) is 5.80. The van der Waals surface area contributed by atoms with E-state index in [1.54, 1.807) is 13.0 Å². The Morgan fingerprint density at radius 3 is 3.05 bits per heavy atom. The van der Waals surface area contributed by atoms with Crippen molar-refractivity contribution in [2.75, 3.05) is 25.5 Å². The van der Waals surface area contributed by atoms with Crippen LogP contribution in [0.5, 0.6) is 0 Å². The highest BCUT2D eigenvalue weighted by atomic mass is 16.5. The van der Waals surface area contributed by atoms with Crippen molar-refractivity contribution in [3.8, 4) is 0 Å². The zero-order valence-electron chi connectivity index (χ0n) is 12.3. The molecule has 0 aliphatic heterocycles. The first-order chi connectivity index (χ1) is 9.60. The van der Waals surface area contributed by atoms with Crippen LogP contribution in [0.15, 0.2) is 10.6 Å². The van der Waals surface area contributed by atoms with Gasteiger partial charge < -0.3 is 20.5 Å². The van der Waals surface area contributed by atoms with Crippen LogP contribution in [-0.4, -0.2) is 42.1 Å². The lowest BCUT2D eigenvalue weighted by Gasteiger charge is -2.28. The van der Waals surface area contributed by atoms with Gasteiger partial charge in [0.1, 0.15) is 5.76 Å². The maximum atomic E-state index is 11.8. The third-order valence-corrected chi connectivity index (χ3v) is 4.07. The number of carbonyl (C=O) groups excluding carboxylic acids is 1. The summed E-state index contributed by atoms with van der Waals surface area (Å²) in [6.45, 7) is 3.27. The molecule has 1 fully saturated rings. The predicted octanol–water partition coefficient (Wildman–Crippen LogP) is 1.37. The van der Waals surface area contributed by atoms with E-state index in [1.165, 1.54) is 19.3 Å². The minimum absolute atomic E-state index is 0.0348. The van der Waals surface area contributed by atoms with Gasteiger partial charge in [0, 0.05) is 25.1 Å². The van der Waals surface area contributed by atoms with Crippen LogP contribution >= 0.6 is 0 Å². The standard InChI is InChI=1S/C14H24N4O2/c1-10-8-13(17-20-10)16-14(19)6-7-18(2)12-5-3-4-11(12)9-15/h8,11-12H,3-7,9,15H2,1-2H3,(H,16,17,19). The highest BCUT2D eigenvalue weighted by Crippen LogP contribution is 2.28. The molecule has 6 nitrogen and oxygen atoms in total. The van der Waals surface area contributed by atoms with Gasteiger partial charge >= 0.3 is 0 Å². The minimum atomic E-state index is -0.0348. The van der Waals surface area contributed by atoms with Crippen molar-refractivity contribution in [3.63, 3.8) is 0 Å². The van der Waals surface area contributed by atoms with Crippen molar-refractivity contribution in [2.45, 2.75) is 38.6 Å². The Balaban J connectivity index is 1.75. The van der Waals surface area contributed by atoms with Crippen molar-refractivity contribution in [3.05, 3.63) is 11.8 Å². The molecule has 1 aliphatic rings. The molecular weight excluding hydrogens is 256 g/mol. The largest absolute Gasteiger partial charge is 0.360 e. The fourth-order valence-corrected chi connectivity index (χ4v) is 2.95. The van der Waals surface area contributed by atoms with E-state index in [-0.39, 0.29) is 5.91 Å². The van der Waals surface area contributed by atoms with Crippen LogP contribution in [0, 0.1) is 12.8 Å². The lowest BCUT2D eigenvalue weighted by Crippen LogP contribution is -2.39. The maximum Gasteiger partial charge on any atom is 0.226 e. The Kier molecular flexibility index (Phi) is 5.14. The van der Waals surface area contributed by atoms with Gasteiger partial charge in [-0.2, -0.15) is 0 Å². The van der Waals surface area contributed by atoms with Crippen LogP contribution < -0.4 is 11.1 Å². The smallest absolute Gasteiger partial charge is 0.226 e. The van der Waals surface area contributed by atoms with Gasteiger partial charge in [0.2, 0.25) is 5.91 Å². The molecule has 20 heavy (non-hydrogen) atoms. The van der Waals surface area contributed by atoms with Crippen LogP contribution in [0.2, 0.25) is 0 Å². The molecular formula is C14H24N4O2. The minimum Gasteiger partial charge on any atom is -0.360 e. The van der Waals surface area contributed by atoms with Crippen LogP contribution in [0.4, 0.5) is 5.82 Å². The molecule has 0 aromatic carbocycles. The molecule has 112 valence electrons. The van der Waals surface area contributed by atoms with Crippen LogP contribution in [0.3, 0.4) is 0 Å². The first kappa shape index (κ1) is 15.0. The number of amides is 1. The molecule has 1 aromatic rings. The van der Waals surface area contributed by atoms with E-state index in [2.05, 4.69) is 22.4 Å². The van der Waals surface area contributed by atoms with E-state index in [0.717, 1.165) is 13.1 Å². The number of aromatic nitrogens is 1. The second-order valence-corrected chi connectivity index (χ2v) is 5.60. The number of hydrogen-bond donors (Lipinski definition) is 2. The van der Waals surface area contributed by atoms with E-state index in [0.29, 0.717) is 30.0 Å². The van der Waals surface area contributed by atoms with E-state index < -0.39 is 0 Å². The van der Waals surface area contributed by atoms with E-state index in [1.807, 2.05) is 0 Å². The Bertz CT molecular complexity index is 446. The second kappa shape index (κ2) is 6.85. The predicted molar refractivity (Wildman–Crippen MR) is 77.3 cm³/mol. The number of nitrogens with two attached hydrogens (primary N) is 1. The molecule has 1 saturated carbocycles. The third kappa shape index (κ3) is 3.80. The van der Waals surface area contributed by atoms with Gasteiger partial charge in [-0.05, 0) is 39.3 Å². The van der Waals surface area contributed by atoms with Crippen molar-refractivity contribution in [1.82, 2.24) is 10.1 Å². The zero-order chi connectivity index (χ0) is 14.5. The molecule has 1 aromatic heterocycles. The van der Waals surface area contributed by atoms with Crippen molar-refractivity contribution in [1.29, 1.82) is 0 Å². The summed E-state index contributed by atoms with van der Waals surface area (Å²) in [4.78, 5) is 14.1. The van der Waals surface area contributed by atoms with Crippen molar-refractivity contribution >= 4 is 11.7 Å². The molecule has 2 unspecified atom stereocenters. The van der Waals surface area contributed by atoms with Gasteiger partial charge in [0.15, 0.2) is 5.82 Å². The van der Waals surface area contributed by atoms with Gasteiger partial charge in [-0.3, -0.25) is 4.79 Å². The Labute approximate surface area is 119 Å². The number of hydrogen-bond acceptors (Lipinski definition) is 5. The Morgan fingerprint density at radius 1 is 1.60 bits per heavy atom. The second-order valence-electron chi connectivity index (χ2n) is 5.60. The molecule has 0 bridgehead atoms. The quantitative estimate of drug-likeness (QED) is 0.822. The lowest BCUT2D eigenvalue weighted by atomic mass is 10.0. The van der Waals surface area contributed by atoms with Gasteiger partial charge in [-0.15, -0.1) is 0 Å². The highest BCUT2D eigenvalue weighted by Gasteiger charge is 2.29. The Hall–Kier alpha value is -1.40. The van der Waals surface area contributed by atoms with E-state index >= 15 is 0 Å². The first-order valence-corrected chi connectivity index (χ1v) is 7.23. The highest BCUT2D eigenvalue weighted by molar-refractivity contribution is 5.89. The van der Waals surface area contributed by atoms with Crippen molar-refractivity contribution < 1.29 is 9.32 Å². The fraction of sp³-hybridized carbons (Fsp3) is 0.714. The van der Waals surface area contributed by atoms with Crippen LogP contribution in [0.25, 0.3) is 0 Å². The average Bonchev–Trinajstić information content (AvgIpc) is 3.04. The maximum absolute atomic E-state index is 11.8. The molecule has 1 aliphatic carbocycles. The van der Waals surface area contributed by atoms with Crippen molar-refractivity contribution in [2.24, 2.45) is 11.7 Å². The molecule has 0 radical (unpaired) electrons. The summed E-state index contributed by atoms with van der Waals surface area (Å²) in [6.07, 6.45) is 4.08. The summed E-state index contributed by atoms with van der Waals surface area (Å²) in [7, 11) is 2.08. The number of anilines is 1. The first-order valence-electron chi connectivity index (χ1n) is 7.23. The van der Waals surface area contributed by atoms with Crippen LogP contribution in [-0.2, 0) is 4.79 Å². The molecule has 2 rings (SSSR count). The monoisotopic (exact) mass is 280 g/mol. The zero-order valence-corrected chi connectivity index (χ0v) is 12.3. The van der Waals surface area contributed by atoms with E-state index in [4.69, 9.17) is 10.3 Å². The number of nitrogens with one attached hydrogen (secondary N) is 1. The SMILES string of the molecule is Cc1cc(NC(=O)CCN(C)C2CCCC2CN)no1. The molecule has 0 saturated heterocycles. The average molecular weight is 280 g/mol. The molecule has 3 N–H and O–H groups in total. The van der Waals surface area contributed by atoms with Gasteiger partial charge in [0.25, 0.3) is 0 Å². The van der Waals surface area contributed by atoms with Gasteiger partial charge in [-0.1, -0.05) is 11.6 Å². The molecule has 1 heterocycles. The summed E-state index contributed by atoms with van der Waals surface area (Å²) in [5.74, 6) is 1.71. The Morgan fingerprint density at radius 2 is 2.40 bits per heavy atom. The normalized spacial score (nSPS) is 22.4. The number of rotatable bonds is 6. The number of nitrogens with zero attached hydrogens (tertiary/aromatic N) is 2. The third-order valence-electron chi connectivity index (χ3n) is 4.07. The summed E-state index contributed by atoms with van der Waals surface area (Å²) in [5, 5.41) is 6.49. The van der Waals surface area contributed by atoms with E-state index in [9.17, 15) is 4.79 Å². The molecule has 0 spiro atoms. The van der Waals surface area contributed by atoms with Crippen LogP contribution in [0.1, 0.15) is 31.4 Å². The summed E-state index contributed by atoms with van der Waals surface area (Å²) < 4.78 is 4.91. The molecule has 6 heteroatoms. The number of carbonyl (C=O) groups is 1. The molecule has 1 amide bonds. The summed E-state index contributed by atoms with van der Waals surface area (Å²) in [6, 6.07) is 2.23. The van der Waals surface area contributed by atoms with Gasteiger partial charge in [0.05, 0.1) is 0 Å². The fourth-order valence-electron chi connectivity index (χ4n) is 2.95. The molecule has 2 atom stereocenters. The van der Waals surface area contributed by atoms with Gasteiger partial charge in [-0.25, -0.2) is 0 Å². The number of aryl methyl sites for hydroxylation is 1. The lowest BCUT2D eigenvalue weighted by molar-refractivity contribution is -0.116. The summed E-state index contributed by atoms with van der Waals surface area (Å²) >= 11 is 0. The topological polar surface area (TPSA) is 84.4 Å².